The van der Waals surface area contributed by atoms with E-state index in [1.807, 2.05) is 60.4 Å². The fourth-order valence-electron chi connectivity index (χ4n) is 4.54. The Morgan fingerprint density at radius 1 is 0.917 bits per heavy atom. The van der Waals surface area contributed by atoms with E-state index in [9.17, 15) is 14.4 Å². The van der Waals surface area contributed by atoms with Crippen molar-refractivity contribution in [2.75, 3.05) is 15.5 Å². The average Bonchev–Trinajstić information content (AvgIpc) is 2.90. The number of carbonyl (C=O) groups excluding carboxylic acids is 3. The monoisotopic (exact) mass is 484 g/mol. The van der Waals surface area contributed by atoms with E-state index in [0.717, 1.165) is 23.4 Å². The van der Waals surface area contributed by atoms with E-state index in [1.165, 1.54) is 0 Å². The number of benzene rings is 3. The Morgan fingerprint density at radius 2 is 1.56 bits per heavy atom. The van der Waals surface area contributed by atoms with Crippen molar-refractivity contribution >= 4 is 34.8 Å². The van der Waals surface area contributed by atoms with E-state index in [4.69, 9.17) is 0 Å². The summed E-state index contributed by atoms with van der Waals surface area (Å²) < 4.78 is 0. The first kappa shape index (κ1) is 25.0. The predicted molar refractivity (Wildman–Crippen MR) is 143 cm³/mol. The van der Waals surface area contributed by atoms with Gasteiger partial charge in [0.1, 0.15) is 6.04 Å². The van der Waals surface area contributed by atoms with Gasteiger partial charge in [0.15, 0.2) is 0 Å². The molecule has 4 rings (SSSR count). The Hall–Kier alpha value is -4.13. The minimum atomic E-state index is -0.690. The molecule has 0 saturated heterocycles. The summed E-state index contributed by atoms with van der Waals surface area (Å²) in [5.74, 6) is -0.461. The number of fused-ring (bicyclic) bond motifs is 1. The molecule has 186 valence electrons. The van der Waals surface area contributed by atoms with Crippen LogP contribution in [0.1, 0.15) is 55.6 Å². The van der Waals surface area contributed by atoms with Crippen LogP contribution >= 0.6 is 0 Å². The third-order valence-electron chi connectivity index (χ3n) is 6.43. The molecule has 36 heavy (non-hydrogen) atoms. The maximum atomic E-state index is 12.6. The van der Waals surface area contributed by atoms with Gasteiger partial charge in [0, 0.05) is 35.1 Å². The average molecular weight is 485 g/mol. The van der Waals surface area contributed by atoms with Crippen LogP contribution in [-0.2, 0) is 9.59 Å². The molecule has 0 spiro atoms. The Kier molecular flexibility index (Phi) is 7.68. The summed E-state index contributed by atoms with van der Waals surface area (Å²) in [5, 5.41) is 9.16. The van der Waals surface area contributed by atoms with Crippen molar-refractivity contribution in [1.82, 2.24) is 5.32 Å². The zero-order valence-electron chi connectivity index (χ0n) is 20.8. The van der Waals surface area contributed by atoms with Crippen LogP contribution in [0.3, 0.4) is 0 Å². The first-order valence-electron chi connectivity index (χ1n) is 12.3. The van der Waals surface area contributed by atoms with Crippen LogP contribution in [0.4, 0.5) is 17.1 Å². The normalized spacial score (nSPS) is 17.5. The van der Waals surface area contributed by atoms with E-state index in [1.54, 1.807) is 31.2 Å². The Labute approximate surface area is 211 Å². The van der Waals surface area contributed by atoms with Gasteiger partial charge in [-0.1, -0.05) is 43.3 Å². The van der Waals surface area contributed by atoms with Crippen molar-refractivity contribution in [2.45, 2.75) is 51.7 Å². The van der Waals surface area contributed by atoms with Gasteiger partial charge in [-0.2, -0.15) is 0 Å². The summed E-state index contributed by atoms with van der Waals surface area (Å²) in [7, 11) is 0. The molecular weight excluding hydrogens is 452 g/mol. The van der Waals surface area contributed by atoms with E-state index in [2.05, 4.69) is 28.9 Å². The van der Waals surface area contributed by atoms with Crippen LogP contribution in [0.15, 0.2) is 78.9 Å². The highest BCUT2D eigenvalue weighted by Gasteiger charge is 2.32. The quantitative estimate of drug-likeness (QED) is 0.434. The Bertz CT molecular complexity index is 1230. The number of carbonyl (C=O) groups is 3. The summed E-state index contributed by atoms with van der Waals surface area (Å²) in [5.41, 5.74) is 4.12. The molecule has 7 heteroatoms. The van der Waals surface area contributed by atoms with Crippen LogP contribution in [-0.4, -0.2) is 29.8 Å². The van der Waals surface area contributed by atoms with Crippen LogP contribution < -0.4 is 20.9 Å². The van der Waals surface area contributed by atoms with Crippen molar-refractivity contribution in [2.24, 2.45) is 0 Å². The fourth-order valence-corrected chi connectivity index (χ4v) is 4.54. The molecule has 0 radical (unpaired) electrons. The van der Waals surface area contributed by atoms with Crippen LogP contribution in [0.25, 0.3) is 0 Å². The molecule has 0 fully saturated rings. The van der Waals surface area contributed by atoms with Crippen molar-refractivity contribution < 1.29 is 14.4 Å². The standard InChI is InChI=1S/C29H32N4O3/c1-4-27(34)33-19(2)18-25(24-12-8-9-13-26(24)33)31-22-14-16-23(17-15-22)32-28(35)20(3)30-29(36)21-10-6-5-7-11-21/h5-17,19-20,25,31H,4,18H2,1-3H3,(H,30,36)(H,32,35)/t19-,20-,25+/m0/s1. The number of rotatable bonds is 7. The summed E-state index contributed by atoms with van der Waals surface area (Å²) in [6, 6.07) is 23.8. The summed E-state index contributed by atoms with van der Waals surface area (Å²) in [6.07, 6.45) is 1.26. The SMILES string of the molecule is CCC(=O)N1c2ccccc2[C@H](Nc2ccc(NC(=O)[C@H](C)NC(=O)c3ccccc3)cc2)C[C@@H]1C. The summed E-state index contributed by atoms with van der Waals surface area (Å²) in [4.78, 5) is 39.4. The molecule has 3 atom stereocenters. The lowest BCUT2D eigenvalue weighted by molar-refractivity contribution is -0.119. The van der Waals surface area contributed by atoms with Crippen molar-refractivity contribution in [3.05, 3.63) is 90.0 Å². The number of nitrogens with one attached hydrogen (secondary N) is 3. The summed E-state index contributed by atoms with van der Waals surface area (Å²) >= 11 is 0. The van der Waals surface area contributed by atoms with E-state index in [-0.39, 0.29) is 29.8 Å². The highest BCUT2D eigenvalue weighted by molar-refractivity contribution is 6.01. The molecule has 3 amide bonds. The van der Waals surface area contributed by atoms with E-state index in [0.29, 0.717) is 17.7 Å². The number of amides is 3. The first-order chi connectivity index (χ1) is 17.4. The molecule has 0 bridgehead atoms. The van der Waals surface area contributed by atoms with Crippen LogP contribution in [0.2, 0.25) is 0 Å². The van der Waals surface area contributed by atoms with E-state index >= 15 is 0 Å². The third-order valence-corrected chi connectivity index (χ3v) is 6.43. The van der Waals surface area contributed by atoms with Gasteiger partial charge in [0.05, 0.1) is 6.04 Å². The number of hydrogen-bond donors (Lipinski definition) is 3. The summed E-state index contributed by atoms with van der Waals surface area (Å²) in [6.45, 7) is 5.62. The Balaban J connectivity index is 1.39. The minimum absolute atomic E-state index is 0.0609. The molecule has 7 nitrogen and oxygen atoms in total. The molecule has 1 heterocycles. The molecule has 1 aliphatic heterocycles. The van der Waals surface area contributed by atoms with Crippen molar-refractivity contribution in [3.8, 4) is 0 Å². The van der Waals surface area contributed by atoms with Crippen molar-refractivity contribution in [3.63, 3.8) is 0 Å². The van der Waals surface area contributed by atoms with Gasteiger partial charge >= 0.3 is 0 Å². The first-order valence-corrected chi connectivity index (χ1v) is 12.3. The second-order valence-corrected chi connectivity index (χ2v) is 9.09. The van der Waals surface area contributed by atoms with Crippen LogP contribution in [0, 0.1) is 0 Å². The zero-order chi connectivity index (χ0) is 25.7. The minimum Gasteiger partial charge on any atom is -0.378 e. The second kappa shape index (κ2) is 11.1. The molecule has 3 aromatic carbocycles. The molecule has 3 N–H and O–H groups in total. The predicted octanol–water partition coefficient (Wildman–Crippen LogP) is 5.13. The van der Waals surface area contributed by atoms with Gasteiger partial charge in [-0.05, 0) is 68.3 Å². The van der Waals surface area contributed by atoms with Gasteiger partial charge in [-0.3, -0.25) is 14.4 Å². The molecule has 3 aromatic rings. The smallest absolute Gasteiger partial charge is 0.251 e. The molecule has 0 aliphatic carbocycles. The second-order valence-electron chi connectivity index (χ2n) is 9.09. The van der Waals surface area contributed by atoms with Gasteiger partial charge in [0.25, 0.3) is 5.91 Å². The van der Waals surface area contributed by atoms with Gasteiger partial charge in [-0.15, -0.1) is 0 Å². The number of para-hydroxylation sites is 1. The zero-order valence-corrected chi connectivity index (χ0v) is 20.8. The molecule has 0 unspecified atom stereocenters. The topological polar surface area (TPSA) is 90.5 Å². The largest absolute Gasteiger partial charge is 0.378 e. The number of hydrogen-bond acceptors (Lipinski definition) is 4. The maximum Gasteiger partial charge on any atom is 0.251 e. The Morgan fingerprint density at radius 3 is 2.25 bits per heavy atom. The van der Waals surface area contributed by atoms with Gasteiger partial charge in [0.2, 0.25) is 11.8 Å². The molecule has 0 saturated carbocycles. The lowest BCUT2D eigenvalue weighted by Crippen LogP contribution is -2.44. The van der Waals surface area contributed by atoms with E-state index < -0.39 is 6.04 Å². The number of nitrogens with zero attached hydrogens (tertiary/aromatic N) is 1. The van der Waals surface area contributed by atoms with Gasteiger partial charge in [-0.25, -0.2) is 0 Å². The number of anilines is 3. The van der Waals surface area contributed by atoms with Crippen LogP contribution in [0.5, 0.6) is 0 Å². The maximum absolute atomic E-state index is 12.6. The van der Waals surface area contributed by atoms with Crippen molar-refractivity contribution in [1.29, 1.82) is 0 Å². The third kappa shape index (κ3) is 5.57. The molecule has 1 aliphatic rings. The fraction of sp³-hybridized carbons (Fsp3) is 0.276. The highest BCUT2D eigenvalue weighted by atomic mass is 16.2. The highest BCUT2D eigenvalue weighted by Crippen LogP contribution is 2.39. The molecular formula is C29H32N4O3. The van der Waals surface area contributed by atoms with Gasteiger partial charge < -0.3 is 20.9 Å². The lowest BCUT2D eigenvalue weighted by Gasteiger charge is -2.40. The molecule has 0 aromatic heterocycles. The lowest BCUT2D eigenvalue weighted by atomic mass is 9.91.